The molecular formula is C23H25FN4O4. The van der Waals surface area contributed by atoms with Crippen LogP contribution in [-0.2, 0) is 4.79 Å². The zero-order valence-corrected chi connectivity index (χ0v) is 17.6. The number of nitrogens with one attached hydrogen (secondary N) is 2. The van der Waals surface area contributed by atoms with Gasteiger partial charge in [0.05, 0.1) is 6.10 Å². The zero-order chi connectivity index (χ0) is 23.1. The normalized spacial score (nSPS) is 15.2. The first-order chi connectivity index (χ1) is 15.4. The molecule has 32 heavy (non-hydrogen) atoms. The summed E-state index contributed by atoms with van der Waals surface area (Å²) in [4.78, 5) is 27.7. The topological polar surface area (TPSA) is 105 Å². The van der Waals surface area contributed by atoms with Crippen molar-refractivity contribution >= 4 is 17.6 Å². The third-order valence-electron chi connectivity index (χ3n) is 5.15. The van der Waals surface area contributed by atoms with Gasteiger partial charge in [0.25, 0.3) is 5.91 Å². The minimum Gasteiger partial charge on any atom is -0.391 e. The van der Waals surface area contributed by atoms with Crippen molar-refractivity contribution in [1.82, 2.24) is 15.7 Å². The van der Waals surface area contributed by atoms with Crippen LogP contribution < -0.4 is 15.7 Å². The van der Waals surface area contributed by atoms with Gasteiger partial charge in [-0.05, 0) is 55.5 Å². The maximum absolute atomic E-state index is 13.0. The highest BCUT2D eigenvalue weighted by Crippen LogP contribution is 2.17. The number of aliphatic hydroxyl groups excluding tert-OH is 1. The first-order valence-corrected chi connectivity index (χ1v) is 10.2. The van der Waals surface area contributed by atoms with Gasteiger partial charge in [-0.1, -0.05) is 11.8 Å². The number of benzene rings is 2. The zero-order valence-electron chi connectivity index (χ0n) is 17.6. The second-order valence-corrected chi connectivity index (χ2v) is 7.42. The molecule has 0 unspecified atom stereocenters. The Morgan fingerprint density at radius 3 is 2.00 bits per heavy atom. The van der Waals surface area contributed by atoms with Crippen LogP contribution in [0.5, 0.6) is 0 Å². The van der Waals surface area contributed by atoms with Gasteiger partial charge in [0.1, 0.15) is 11.9 Å². The molecule has 2 aromatic carbocycles. The number of rotatable bonds is 4. The van der Waals surface area contributed by atoms with Crippen LogP contribution in [0.2, 0.25) is 0 Å². The molecule has 2 atom stereocenters. The number of carbonyl (C=O) groups is 2. The molecule has 1 aliphatic heterocycles. The molecule has 4 N–H and O–H groups in total. The summed E-state index contributed by atoms with van der Waals surface area (Å²) in [5.41, 5.74) is 4.01. The highest BCUT2D eigenvalue weighted by Gasteiger charge is 2.29. The lowest BCUT2D eigenvalue weighted by atomic mass is 10.1. The summed E-state index contributed by atoms with van der Waals surface area (Å²) in [5.74, 6) is 4.87. The number of carbonyl (C=O) groups excluding carboxylic acids is 2. The predicted octanol–water partition coefficient (Wildman–Crippen LogP) is 1.31. The van der Waals surface area contributed by atoms with Gasteiger partial charge in [-0.2, -0.15) is 0 Å². The van der Waals surface area contributed by atoms with E-state index in [-0.39, 0.29) is 5.82 Å². The predicted molar refractivity (Wildman–Crippen MR) is 117 cm³/mol. The molecule has 2 aromatic rings. The quantitative estimate of drug-likeness (QED) is 0.326. The minimum atomic E-state index is -1.24. The average Bonchev–Trinajstić information content (AvgIpc) is 2.82. The number of anilines is 1. The summed E-state index contributed by atoms with van der Waals surface area (Å²) < 4.78 is 13.0. The van der Waals surface area contributed by atoms with Crippen molar-refractivity contribution < 1.29 is 24.3 Å². The number of hydrogen-bond acceptors (Lipinski definition) is 5. The van der Waals surface area contributed by atoms with E-state index >= 15 is 0 Å². The van der Waals surface area contributed by atoms with E-state index in [0.717, 1.165) is 16.8 Å². The molecule has 168 valence electrons. The van der Waals surface area contributed by atoms with Crippen molar-refractivity contribution in [3.05, 3.63) is 65.5 Å². The SMILES string of the molecule is C[C@@H](O)[C@@H](NC(=O)N1CCN(c2ccc(C#Cc3ccc(F)cc3)cc2)CC1)C(=O)NO. The van der Waals surface area contributed by atoms with E-state index in [9.17, 15) is 19.1 Å². The number of amides is 3. The Bertz CT molecular complexity index is 991. The number of halogens is 1. The molecule has 0 bridgehead atoms. The van der Waals surface area contributed by atoms with Crippen LogP contribution in [0.1, 0.15) is 18.1 Å². The van der Waals surface area contributed by atoms with Crippen LogP contribution in [0.4, 0.5) is 14.9 Å². The molecule has 0 saturated carbocycles. The molecule has 0 aromatic heterocycles. The van der Waals surface area contributed by atoms with Crippen LogP contribution >= 0.6 is 0 Å². The summed E-state index contributed by atoms with van der Waals surface area (Å²) in [6.07, 6.45) is -1.16. The lowest BCUT2D eigenvalue weighted by molar-refractivity contribution is -0.133. The molecule has 1 aliphatic rings. The van der Waals surface area contributed by atoms with Gasteiger partial charge < -0.3 is 20.2 Å². The van der Waals surface area contributed by atoms with E-state index in [1.165, 1.54) is 24.5 Å². The van der Waals surface area contributed by atoms with Crippen LogP contribution in [0, 0.1) is 17.7 Å². The first kappa shape index (κ1) is 23.1. The Kier molecular flexibility index (Phi) is 7.65. The van der Waals surface area contributed by atoms with E-state index in [0.29, 0.717) is 26.2 Å². The van der Waals surface area contributed by atoms with Crippen molar-refractivity contribution in [2.45, 2.75) is 19.1 Å². The van der Waals surface area contributed by atoms with Crippen molar-refractivity contribution in [1.29, 1.82) is 0 Å². The van der Waals surface area contributed by atoms with Crippen molar-refractivity contribution in [2.24, 2.45) is 0 Å². The maximum atomic E-state index is 13.0. The van der Waals surface area contributed by atoms with Gasteiger partial charge in [0, 0.05) is 43.0 Å². The minimum absolute atomic E-state index is 0.295. The number of urea groups is 1. The van der Waals surface area contributed by atoms with Gasteiger partial charge in [-0.15, -0.1) is 0 Å². The molecular weight excluding hydrogens is 415 g/mol. The first-order valence-electron chi connectivity index (χ1n) is 10.2. The molecule has 0 radical (unpaired) electrons. The van der Waals surface area contributed by atoms with E-state index in [1.54, 1.807) is 17.0 Å². The molecule has 3 amide bonds. The number of nitrogens with zero attached hydrogens (tertiary/aromatic N) is 2. The van der Waals surface area contributed by atoms with Crippen LogP contribution in [0.15, 0.2) is 48.5 Å². The smallest absolute Gasteiger partial charge is 0.318 e. The highest BCUT2D eigenvalue weighted by molar-refractivity contribution is 5.87. The molecule has 1 saturated heterocycles. The Hall–Kier alpha value is -3.61. The van der Waals surface area contributed by atoms with E-state index in [4.69, 9.17) is 5.21 Å². The fourth-order valence-corrected chi connectivity index (χ4v) is 3.30. The molecule has 9 heteroatoms. The maximum Gasteiger partial charge on any atom is 0.318 e. The monoisotopic (exact) mass is 440 g/mol. The van der Waals surface area contributed by atoms with Gasteiger partial charge in [-0.25, -0.2) is 14.7 Å². The van der Waals surface area contributed by atoms with Crippen LogP contribution in [-0.4, -0.2) is 65.5 Å². The highest BCUT2D eigenvalue weighted by atomic mass is 19.1. The number of hydrogen-bond donors (Lipinski definition) is 4. The standard InChI is InChI=1S/C23H25FN4O4/c1-16(29)21(22(30)26-32)25-23(31)28-14-12-27(13-15-28)20-10-6-18(7-11-20)3-2-17-4-8-19(24)9-5-17/h4-11,16,21,29,32H,12-15H2,1H3,(H,25,31)(H,26,30)/t16-,21-/m1/s1. The van der Waals surface area contributed by atoms with E-state index < -0.39 is 24.1 Å². The summed E-state index contributed by atoms with van der Waals surface area (Å²) in [5, 5.41) is 20.8. The Balaban J connectivity index is 1.54. The number of aliphatic hydroxyl groups is 1. The van der Waals surface area contributed by atoms with Crippen LogP contribution in [0.3, 0.4) is 0 Å². The van der Waals surface area contributed by atoms with Gasteiger partial charge >= 0.3 is 6.03 Å². The third-order valence-corrected chi connectivity index (χ3v) is 5.15. The lowest BCUT2D eigenvalue weighted by Crippen LogP contribution is -2.58. The second-order valence-electron chi connectivity index (χ2n) is 7.42. The van der Waals surface area contributed by atoms with Crippen molar-refractivity contribution in [3.8, 4) is 11.8 Å². The van der Waals surface area contributed by atoms with E-state index in [1.807, 2.05) is 24.3 Å². The average molecular weight is 440 g/mol. The van der Waals surface area contributed by atoms with Crippen molar-refractivity contribution in [3.63, 3.8) is 0 Å². The van der Waals surface area contributed by atoms with Gasteiger partial charge in [0.15, 0.2) is 0 Å². The second kappa shape index (κ2) is 10.6. The number of piperazine rings is 1. The summed E-state index contributed by atoms with van der Waals surface area (Å²) >= 11 is 0. The Morgan fingerprint density at radius 1 is 0.969 bits per heavy atom. The van der Waals surface area contributed by atoms with E-state index in [2.05, 4.69) is 22.1 Å². The number of hydroxylamine groups is 1. The Morgan fingerprint density at radius 2 is 1.50 bits per heavy atom. The summed E-state index contributed by atoms with van der Waals surface area (Å²) in [6, 6.07) is 12.0. The molecule has 3 rings (SSSR count). The molecule has 0 aliphatic carbocycles. The fraction of sp³-hybridized carbons (Fsp3) is 0.304. The molecule has 0 spiro atoms. The Labute approximate surface area is 185 Å². The third kappa shape index (κ3) is 5.97. The lowest BCUT2D eigenvalue weighted by Gasteiger charge is -2.36. The molecule has 8 nitrogen and oxygen atoms in total. The van der Waals surface area contributed by atoms with Gasteiger partial charge in [0.2, 0.25) is 0 Å². The van der Waals surface area contributed by atoms with Crippen LogP contribution in [0.25, 0.3) is 0 Å². The fourth-order valence-electron chi connectivity index (χ4n) is 3.30. The van der Waals surface area contributed by atoms with Crippen molar-refractivity contribution in [2.75, 3.05) is 31.1 Å². The summed E-state index contributed by atoms with van der Waals surface area (Å²) in [7, 11) is 0. The summed E-state index contributed by atoms with van der Waals surface area (Å²) in [6.45, 7) is 3.42. The molecule has 1 fully saturated rings. The van der Waals surface area contributed by atoms with Gasteiger partial charge in [-0.3, -0.25) is 10.0 Å². The molecule has 1 heterocycles. The largest absolute Gasteiger partial charge is 0.391 e.